The molecule has 2 nitrogen and oxygen atoms in total. The van der Waals surface area contributed by atoms with E-state index in [1.54, 1.807) is 0 Å². The number of hydrogen-bond donors (Lipinski definition) is 1. The molecule has 0 saturated heterocycles. The highest BCUT2D eigenvalue weighted by atomic mass is 14.7. The molecule has 2 N–H and O–H groups in total. The van der Waals surface area contributed by atoms with E-state index in [2.05, 4.69) is 52.0 Å². The van der Waals surface area contributed by atoms with E-state index in [4.69, 9.17) is 10.7 Å². The highest BCUT2D eigenvalue weighted by Crippen LogP contribution is 2.24. The summed E-state index contributed by atoms with van der Waals surface area (Å²) < 4.78 is 0. The summed E-state index contributed by atoms with van der Waals surface area (Å²) in [6.07, 6.45) is 0.925. The summed E-state index contributed by atoms with van der Waals surface area (Å²) in [5.41, 5.74) is 10.7. The van der Waals surface area contributed by atoms with Gasteiger partial charge in [0.25, 0.3) is 0 Å². The Bertz CT molecular complexity index is 571. The number of nitrogens with two attached hydrogens (primary N) is 1. The summed E-state index contributed by atoms with van der Waals surface area (Å²) >= 11 is 0. The third kappa shape index (κ3) is 2.70. The molecule has 2 heteroatoms. The number of nitrogens with zero attached hydrogens (tertiary/aromatic N) is 1. The van der Waals surface area contributed by atoms with Crippen LogP contribution in [0.2, 0.25) is 0 Å². The number of pyridine rings is 1. The van der Waals surface area contributed by atoms with Crippen LogP contribution in [0.3, 0.4) is 0 Å². The number of hydrogen-bond acceptors (Lipinski definition) is 2. The van der Waals surface area contributed by atoms with E-state index in [-0.39, 0.29) is 5.41 Å². The summed E-state index contributed by atoms with van der Waals surface area (Å²) in [7, 11) is 0. The molecule has 0 amide bonds. The van der Waals surface area contributed by atoms with Gasteiger partial charge in [-0.25, -0.2) is 0 Å². The predicted molar refractivity (Wildman–Crippen MR) is 77.8 cm³/mol. The van der Waals surface area contributed by atoms with Crippen LogP contribution in [-0.2, 0) is 6.42 Å². The molecule has 0 aliphatic carbocycles. The van der Waals surface area contributed by atoms with Crippen molar-refractivity contribution in [3.63, 3.8) is 0 Å². The van der Waals surface area contributed by atoms with Crippen molar-refractivity contribution in [2.24, 2.45) is 11.1 Å². The molecule has 0 saturated carbocycles. The monoisotopic (exact) mass is 242 g/mol. The minimum Gasteiger partial charge on any atom is -0.330 e. The second kappa shape index (κ2) is 4.69. The highest BCUT2D eigenvalue weighted by Gasteiger charge is 2.17. The average molecular weight is 242 g/mol. The first-order valence-electron chi connectivity index (χ1n) is 6.48. The molecule has 18 heavy (non-hydrogen) atoms. The molecule has 0 spiro atoms. The summed E-state index contributed by atoms with van der Waals surface area (Å²) in [5, 5.41) is 1.25. The lowest BCUT2D eigenvalue weighted by molar-refractivity contribution is 0.373. The molecule has 0 radical (unpaired) electrons. The Morgan fingerprint density at radius 2 is 1.89 bits per heavy atom. The summed E-state index contributed by atoms with van der Waals surface area (Å²) in [5.74, 6) is 0. The molecule has 2 aromatic rings. The Balaban J connectivity index is 2.46. The van der Waals surface area contributed by atoms with Crippen LogP contribution in [0.25, 0.3) is 10.9 Å². The van der Waals surface area contributed by atoms with E-state index in [0.717, 1.165) is 17.6 Å². The van der Waals surface area contributed by atoms with Gasteiger partial charge in [0.1, 0.15) is 0 Å². The molecule has 1 aromatic heterocycles. The lowest BCUT2D eigenvalue weighted by atomic mass is 9.87. The minimum atomic E-state index is 0.109. The summed E-state index contributed by atoms with van der Waals surface area (Å²) in [4.78, 5) is 4.75. The molecule has 0 fully saturated rings. The van der Waals surface area contributed by atoms with Crippen LogP contribution >= 0.6 is 0 Å². The fourth-order valence-corrected chi connectivity index (χ4v) is 2.23. The Morgan fingerprint density at radius 3 is 2.56 bits per heavy atom. The molecule has 96 valence electrons. The molecule has 1 aromatic carbocycles. The van der Waals surface area contributed by atoms with Crippen molar-refractivity contribution in [1.29, 1.82) is 0 Å². The number of benzene rings is 1. The van der Waals surface area contributed by atoms with Crippen molar-refractivity contribution in [2.45, 2.75) is 34.1 Å². The normalized spacial score (nSPS) is 12.1. The van der Waals surface area contributed by atoms with Crippen molar-refractivity contribution >= 4 is 10.9 Å². The topological polar surface area (TPSA) is 38.9 Å². The second-order valence-electron chi connectivity index (χ2n) is 6.00. The van der Waals surface area contributed by atoms with Gasteiger partial charge in [-0.2, -0.15) is 0 Å². The van der Waals surface area contributed by atoms with E-state index < -0.39 is 0 Å². The Hall–Kier alpha value is -1.41. The van der Waals surface area contributed by atoms with Crippen LogP contribution in [0.15, 0.2) is 24.3 Å². The van der Waals surface area contributed by atoms with Gasteiger partial charge >= 0.3 is 0 Å². The molecule has 1 heterocycles. The largest absolute Gasteiger partial charge is 0.330 e. The van der Waals surface area contributed by atoms with E-state index in [1.807, 2.05) is 0 Å². The lowest BCUT2D eigenvalue weighted by Crippen LogP contribution is -2.26. The molecule has 0 bridgehead atoms. The van der Waals surface area contributed by atoms with Crippen molar-refractivity contribution in [3.8, 4) is 0 Å². The smallest absolute Gasteiger partial charge is 0.0708 e. The Kier molecular flexibility index (Phi) is 3.40. The van der Waals surface area contributed by atoms with Gasteiger partial charge in [0.05, 0.1) is 5.52 Å². The second-order valence-corrected chi connectivity index (χ2v) is 6.00. The van der Waals surface area contributed by atoms with Gasteiger partial charge in [-0.1, -0.05) is 25.5 Å². The number of rotatable bonds is 3. The average Bonchev–Trinajstić information content (AvgIpc) is 2.30. The third-order valence-electron chi connectivity index (χ3n) is 3.44. The minimum absolute atomic E-state index is 0.109. The first-order valence-corrected chi connectivity index (χ1v) is 6.48. The van der Waals surface area contributed by atoms with Crippen LogP contribution in [-0.4, -0.2) is 11.5 Å². The van der Waals surface area contributed by atoms with Gasteiger partial charge < -0.3 is 5.73 Å². The fraction of sp³-hybridized carbons (Fsp3) is 0.438. The van der Waals surface area contributed by atoms with Gasteiger partial charge in [0, 0.05) is 11.1 Å². The zero-order chi connectivity index (χ0) is 13.3. The van der Waals surface area contributed by atoms with E-state index >= 15 is 0 Å². The van der Waals surface area contributed by atoms with Crippen LogP contribution in [0, 0.1) is 19.3 Å². The van der Waals surface area contributed by atoms with Crippen LogP contribution < -0.4 is 5.73 Å². The molecular weight excluding hydrogens is 220 g/mol. The number of fused-ring (bicyclic) bond motifs is 1. The standard InChI is InChI=1S/C16H22N2/c1-11-5-6-15-14(7-11)12(2)8-13(18-15)9-16(3,4)10-17/h5-8H,9-10,17H2,1-4H3. The van der Waals surface area contributed by atoms with Gasteiger partial charge in [-0.15, -0.1) is 0 Å². The SMILES string of the molecule is Cc1ccc2nc(CC(C)(C)CN)cc(C)c2c1. The lowest BCUT2D eigenvalue weighted by Gasteiger charge is -2.22. The number of aromatic nitrogens is 1. The molecule has 0 aliphatic rings. The predicted octanol–water partition coefficient (Wildman–Crippen LogP) is 3.38. The highest BCUT2D eigenvalue weighted by molar-refractivity contribution is 5.82. The van der Waals surface area contributed by atoms with Crippen molar-refractivity contribution in [2.75, 3.05) is 6.54 Å². The summed E-state index contributed by atoms with van der Waals surface area (Å²) in [6.45, 7) is 9.32. The fourth-order valence-electron chi connectivity index (χ4n) is 2.23. The van der Waals surface area contributed by atoms with E-state index in [1.165, 1.54) is 16.5 Å². The Labute approximate surface area is 109 Å². The van der Waals surface area contributed by atoms with Crippen molar-refractivity contribution in [1.82, 2.24) is 4.98 Å². The van der Waals surface area contributed by atoms with Gasteiger partial charge in [0.15, 0.2) is 0 Å². The maximum Gasteiger partial charge on any atom is 0.0708 e. The molecule has 0 aliphatic heterocycles. The third-order valence-corrected chi connectivity index (χ3v) is 3.44. The molecule has 0 atom stereocenters. The maximum atomic E-state index is 5.80. The zero-order valence-corrected chi connectivity index (χ0v) is 11.7. The van der Waals surface area contributed by atoms with Crippen LogP contribution in [0.1, 0.15) is 30.7 Å². The van der Waals surface area contributed by atoms with Crippen LogP contribution in [0.5, 0.6) is 0 Å². The maximum absolute atomic E-state index is 5.80. The molecule has 2 rings (SSSR count). The van der Waals surface area contributed by atoms with E-state index in [9.17, 15) is 0 Å². The Morgan fingerprint density at radius 1 is 1.17 bits per heavy atom. The summed E-state index contributed by atoms with van der Waals surface area (Å²) in [6, 6.07) is 8.62. The quantitative estimate of drug-likeness (QED) is 0.896. The molecular formula is C16H22N2. The van der Waals surface area contributed by atoms with Gasteiger partial charge in [-0.3, -0.25) is 4.98 Å². The van der Waals surface area contributed by atoms with Gasteiger partial charge in [0.2, 0.25) is 0 Å². The van der Waals surface area contributed by atoms with Gasteiger partial charge in [-0.05, 0) is 56.0 Å². The van der Waals surface area contributed by atoms with Crippen molar-refractivity contribution in [3.05, 3.63) is 41.1 Å². The zero-order valence-electron chi connectivity index (χ0n) is 11.7. The first-order chi connectivity index (χ1) is 8.41. The number of aryl methyl sites for hydroxylation is 2. The first kappa shape index (κ1) is 13.0. The van der Waals surface area contributed by atoms with Crippen molar-refractivity contribution < 1.29 is 0 Å². The molecule has 0 unspecified atom stereocenters. The van der Waals surface area contributed by atoms with Crippen LogP contribution in [0.4, 0.5) is 0 Å². The van der Waals surface area contributed by atoms with E-state index in [0.29, 0.717) is 6.54 Å².